The number of hydrogen-bond donors (Lipinski definition) is 1. The van der Waals surface area contributed by atoms with E-state index >= 15 is 0 Å². The molecule has 4 nitrogen and oxygen atoms in total. The second kappa shape index (κ2) is 6.66. The molecule has 24 heavy (non-hydrogen) atoms. The Morgan fingerprint density at radius 3 is 2.75 bits per heavy atom. The zero-order valence-electron chi connectivity index (χ0n) is 13.5. The van der Waals surface area contributed by atoms with Crippen LogP contribution in [0.4, 0.5) is 4.39 Å². The van der Waals surface area contributed by atoms with Crippen LogP contribution in [-0.4, -0.2) is 18.0 Å². The number of aryl methyl sites for hydroxylation is 1. The number of benzene rings is 2. The summed E-state index contributed by atoms with van der Waals surface area (Å²) in [5.41, 5.74) is 2.69. The number of aromatic nitrogens is 1. The van der Waals surface area contributed by atoms with Crippen LogP contribution in [0.3, 0.4) is 0 Å². The first-order chi connectivity index (χ1) is 11.6. The van der Waals surface area contributed by atoms with Crippen molar-refractivity contribution in [1.29, 1.82) is 0 Å². The van der Waals surface area contributed by atoms with Gasteiger partial charge in [0.1, 0.15) is 0 Å². The summed E-state index contributed by atoms with van der Waals surface area (Å²) >= 11 is 0. The van der Waals surface area contributed by atoms with Crippen molar-refractivity contribution >= 4 is 16.8 Å². The van der Waals surface area contributed by atoms with Gasteiger partial charge in [0.15, 0.2) is 11.6 Å². The predicted molar refractivity (Wildman–Crippen MR) is 90.6 cm³/mol. The molecule has 0 aliphatic heterocycles. The number of amides is 1. The lowest BCUT2D eigenvalue weighted by Gasteiger charge is -2.10. The van der Waals surface area contributed by atoms with E-state index in [0.717, 1.165) is 10.9 Å². The third-order valence-electron chi connectivity index (χ3n) is 3.83. The fourth-order valence-corrected chi connectivity index (χ4v) is 2.54. The number of ether oxygens (including phenoxy) is 1. The van der Waals surface area contributed by atoms with E-state index in [-0.39, 0.29) is 18.2 Å². The Morgan fingerprint density at radius 1 is 1.21 bits per heavy atom. The quantitative estimate of drug-likeness (QED) is 0.797. The van der Waals surface area contributed by atoms with Crippen molar-refractivity contribution in [2.75, 3.05) is 7.11 Å². The average molecular weight is 324 g/mol. The van der Waals surface area contributed by atoms with Gasteiger partial charge in [0.25, 0.3) is 5.91 Å². The zero-order chi connectivity index (χ0) is 17.1. The molecule has 0 aliphatic carbocycles. The van der Waals surface area contributed by atoms with Gasteiger partial charge in [-0.15, -0.1) is 0 Å². The molecule has 3 aromatic rings. The molecule has 0 spiro atoms. The fourth-order valence-electron chi connectivity index (χ4n) is 2.54. The van der Waals surface area contributed by atoms with Gasteiger partial charge in [0, 0.05) is 11.9 Å². The summed E-state index contributed by atoms with van der Waals surface area (Å²) in [6.07, 6.45) is 0. The lowest BCUT2D eigenvalue weighted by molar-refractivity contribution is 0.0950. The lowest BCUT2D eigenvalue weighted by atomic mass is 10.1. The van der Waals surface area contributed by atoms with Gasteiger partial charge < -0.3 is 10.1 Å². The Labute approximate surface area is 139 Å². The molecule has 0 atom stereocenters. The summed E-state index contributed by atoms with van der Waals surface area (Å²) in [6, 6.07) is 14.1. The molecule has 3 rings (SSSR count). The van der Waals surface area contributed by atoms with Gasteiger partial charge in [-0.25, -0.2) is 4.39 Å². The zero-order valence-corrected chi connectivity index (χ0v) is 13.5. The van der Waals surface area contributed by atoms with Crippen molar-refractivity contribution < 1.29 is 13.9 Å². The van der Waals surface area contributed by atoms with Crippen molar-refractivity contribution in [3.05, 3.63) is 71.2 Å². The van der Waals surface area contributed by atoms with Gasteiger partial charge in [-0.05, 0) is 36.8 Å². The van der Waals surface area contributed by atoms with Crippen molar-refractivity contribution in [3.63, 3.8) is 0 Å². The van der Waals surface area contributed by atoms with E-state index in [1.54, 1.807) is 19.1 Å². The van der Waals surface area contributed by atoms with Crippen LogP contribution in [0.15, 0.2) is 48.5 Å². The Morgan fingerprint density at radius 2 is 2.00 bits per heavy atom. The van der Waals surface area contributed by atoms with Gasteiger partial charge in [-0.1, -0.05) is 24.3 Å². The molecule has 0 fully saturated rings. The molecule has 2 aromatic carbocycles. The van der Waals surface area contributed by atoms with Crippen molar-refractivity contribution in [2.45, 2.75) is 13.5 Å². The summed E-state index contributed by atoms with van der Waals surface area (Å²) in [4.78, 5) is 16.9. The number of methoxy groups -OCH3 is 1. The molecule has 1 amide bonds. The number of carbonyl (C=O) groups is 1. The van der Waals surface area contributed by atoms with Crippen molar-refractivity contribution in [1.82, 2.24) is 10.3 Å². The van der Waals surface area contributed by atoms with E-state index < -0.39 is 5.82 Å². The van der Waals surface area contributed by atoms with E-state index in [1.807, 2.05) is 30.3 Å². The van der Waals surface area contributed by atoms with E-state index in [1.165, 1.54) is 13.2 Å². The molecular formula is C19H17FN2O2. The molecular weight excluding hydrogens is 307 g/mol. The first-order valence-electron chi connectivity index (χ1n) is 7.55. The molecule has 1 aromatic heterocycles. The Hall–Kier alpha value is -2.95. The Kier molecular flexibility index (Phi) is 4.42. The standard InChI is InChI=1S/C19H17FN2O2/c1-12-15(10-14-5-3-4-6-17(14)22-12)19(23)21-11-13-7-8-18(24-2)16(20)9-13/h3-10H,11H2,1-2H3,(H,21,23). The largest absolute Gasteiger partial charge is 0.494 e. The van der Waals surface area contributed by atoms with Gasteiger partial charge in [-0.2, -0.15) is 0 Å². The molecule has 5 heteroatoms. The predicted octanol–water partition coefficient (Wildman–Crippen LogP) is 3.62. The highest BCUT2D eigenvalue weighted by atomic mass is 19.1. The van der Waals surface area contributed by atoms with Gasteiger partial charge in [-0.3, -0.25) is 9.78 Å². The summed E-state index contributed by atoms with van der Waals surface area (Å²) < 4.78 is 18.6. The minimum Gasteiger partial charge on any atom is -0.494 e. The van der Waals surface area contributed by atoms with Gasteiger partial charge in [0.2, 0.25) is 0 Å². The fraction of sp³-hybridized carbons (Fsp3) is 0.158. The summed E-state index contributed by atoms with van der Waals surface area (Å²) in [5, 5.41) is 3.71. The Balaban J connectivity index is 1.77. The van der Waals surface area contributed by atoms with Crippen LogP contribution in [0.1, 0.15) is 21.6 Å². The molecule has 0 saturated heterocycles. The molecule has 0 unspecified atom stereocenters. The summed E-state index contributed by atoms with van der Waals surface area (Å²) in [7, 11) is 1.41. The number of halogens is 1. The highest BCUT2D eigenvalue weighted by Crippen LogP contribution is 2.18. The second-order valence-electron chi connectivity index (χ2n) is 5.47. The second-order valence-corrected chi connectivity index (χ2v) is 5.47. The van der Waals surface area contributed by atoms with Crippen LogP contribution in [0.2, 0.25) is 0 Å². The molecule has 122 valence electrons. The maximum absolute atomic E-state index is 13.7. The average Bonchev–Trinajstić information content (AvgIpc) is 2.59. The van der Waals surface area contributed by atoms with Crippen LogP contribution in [-0.2, 0) is 6.54 Å². The monoisotopic (exact) mass is 324 g/mol. The van der Waals surface area contributed by atoms with Gasteiger partial charge in [0.05, 0.1) is 23.9 Å². The van der Waals surface area contributed by atoms with Crippen molar-refractivity contribution in [2.24, 2.45) is 0 Å². The third-order valence-corrected chi connectivity index (χ3v) is 3.83. The van der Waals surface area contributed by atoms with Crippen molar-refractivity contribution in [3.8, 4) is 5.75 Å². The van der Waals surface area contributed by atoms with Crippen LogP contribution in [0.5, 0.6) is 5.75 Å². The van der Waals surface area contributed by atoms with E-state index in [9.17, 15) is 9.18 Å². The smallest absolute Gasteiger partial charge is 0.253 e. The number of hydrogen-bond acceptors (Lipinski definition) is 3. The topological polar surface area (TPSA) is 51.2 Å². The molecule has 0 radical (unpaired) electrons. The van der Waals surface area contributed by atoms with Crippen LogP contribution in [0.25, 0.3) is 10.9 Å². The Bertz CT molecular complexity index is 909. The van der Waals surface area contributed by atoms with Crippen LogP contribution in [0, 0.1) is 12.7 Å². The number of rotatable bonds is 4. The van der Waals surface area contributed by atoms with Crippen LogP contribution < -0.4 is 10.1 Å². The molecule has 0 aliphatic rings. The van der Waals surface area contributed by atoms with Crippen LogP contribution >= 0.6 is 0 Å². The number of para-hydroxylation sites is 1. The maximum Gasteiger partial charge on any atom is 0.253 e. The first kappa shape index (κ1) is 15.9. The highest BCUT2D eigenvalue weighted by molar-refractivity contribution is 5.98. The number of pyridine rings is 1. The minimum absolute atomic E-state index is 0.180. The SMILES string of the molecule is COc1ccc(CNC(=O)c2cc3ccccc3nc2C)cc1F. The van der Waals surface area contributed by atoms with E-state index in [4.69, 9.17) is 4.74 Å². The minimum atomic E-state index is -0.451. The third kappa shape index (κ3) is 3.20. The number of nitrogens with zero attached hydrogens (tertiary/aromatic N) is 1. The summed E-state index contributed by atoms with van der Waals surface area (Å²) in [6.45, 7) is 2.03. The van der Waals surface area contributed by atoms with Gasteiger partial charge >= 0.3 is 0 Å². The first-order valence-corrected chi connectivity index (χ1v) is 7.55. The molecule has 1 N–H and O–H groups in total. The van der Waals surface area contributed by atoms with E-state index in [2.05, 4.69) is 10.3 Å². The molecule has 0 saturated carbocycles. The molecule has 1 heterocycles. The molecule has 0 bridgehead atoms. The normalized spacial score (nSPS) is 10.6. The number of nitrogens with one attached hydrogen (secondary N) is 1. The van der Waals surface area contributed by atoms with E-state index in [0.29, 0.717) is 16.8 Å². The number of fused-ring (bicyclic) bond motifs is 1. The highest BCUT2D eigenvalue weighted by Gasteiger charge is 2.12. The number of carbonyl (C=O) groups excluding carboxylic acids is 1. The summed E-state index contributed by atoms with van der Waals surface area (Å²) in [5.74, 6) is -0.505. The lowest BCUT2D eigenvalue weighted by Crippen LogP contribution is -2.24. The maximum atomic E-state index is 13.7.